The highest BCUT2D eigenvalue weighted by molar-refractivity contribution is 5.61. The average molecular weight is 255 g/mol. The van der Waals surface area contributed by atoms with Crippen LogP contribution in [0.1, 0.15) is 25.3 Å². The van der Waals surface area contributed by atoms with E-state index in [1.54, 1.807) is 6.33 Å². The number of hydrogen-bond donors (Lipinski definition) is 1. The third-order valence-corrected chi connectivity index (χ3v) is 3.43. The Bertz CT molecular complexity index is 479. The van der Waals surface area contributed by atoms with E-state index in [2.05, 4.69) is 41.2 Å². The summed E-state index contributed by atoms with van der Waals surface area (Å²) in [6, 6.07) is 8.66. The van der Waals surface area contributed by atoms with Gasteiger partial charge in [0, 0.05) is 18.0 Å². The van der Waals surface area contributed by atoms with E-state index < -0.39 is 0 Å². The zero-order chi connectivity index (χ0) is 13.5. The molecule has 2 aromatic rings. The fourth-order valence-corrected chi connectivity index (χ4v) is 2.15. The van der Waals surface area contributed by atoms with Crippen LogP contribution in [0.2, 0.25) is 0 Å². The first-order chi connectivity index (χ1) is 9.29. The second kappa shape index (κ2) is 7.00. The molecular weight excluding hydrogens is 234 g/mol. The van der Waals surface area contributed by atoms with Gasteiger partial charge < -0.3 is 5.73 Å². The number of aromatic nitrogens is 2. The summed E-state index contributed by atoms with van der Waals surface area (Å²) in [7, 11) is 0. The fourth-order valence-electron chi connectivity index (χ4n) is 2.15. The summed E-state index contributed by atoms with van der Waals surface area (Å²) < 4.78 is 0. The van der Waals surface area contributed by atoms with Crippen LogP contribution in [0, 0.1) is 5.92 Å². The minimum absolute atomic E-state index is 0.701. The Kier molecular flexibility index (Phi) is 5.04. The van der Waals surface area contributed by atoms with Crippen LogP contribution < -0.4 is 5.73 Å². The van der Waals surface area contributed by atoms with Crippen LogP contribution in [0.5, 0.6) is 0 Å². The van der Waals surface area contributed by atoms with Crippen molar-refractivity contribution in [2.24, 2.45) is 11.7 Å². The van der Waals surface area contributed by atoms with Crippen LogP contribution in [-0.4, -0.2) is 16.5 Å². The minimum Gasteiger partial charge on any atom is -0.330 e. The standard InChI is InChI=1S/C16H21N3/c1-13(8-9-17)2-3-14-4-6-15(7-5-14)16-10-18-12-19-11-16/h4-7,10-13H,2-3,8-9,17H2,1H3. The number of benzene rings is 1. The molecule has 0 amide bonds. The van der Waals surface area contributed by atoms with Crippen LogP contribution in [0.3, 0.4) is 0 Å². The quantitative estimate of drug-likeness (QED) is 0.863. The summed E-state index contributed by atoms with van der Waals surface area (Å²) in [5.74, 6) is 0.701. The molecule has 0 aliphatic carbocycles. The maximum Gasteiger partial charge on any atom is 0.115 e. The zero-order valence-corrected chi connectivity index (χ0v) is 11.4. The van der Waals surface area contributed by atoms with Crippen molar-refractivity contribution in [1.82, 2.24) is 9.97 Å². The van der Waals surface area contributed by atoms with E-state index in [0.29, 0.717) is 5.92 Å². The molecule has 0 fully saturated rings. The van der Waals surface area contributed by atoms with Crippen molar-refractivity contribution >= 4 is 0 Å². The Hall–Kier alpha value is -1.74. The Morgan fingerprint density at radius 1 is 1.00 bits per heavy atom. The monoisotopic (exact) mass is 255 g/mol. The highest BCUT2D eigenvalue weighted by atomic mass is 14.8. The first-order valence-electron chi connectivity index (χ1n) is 6.84. The molecular formula is C16H21N3. The molecule has 1 aromatic carbocycles. The zero-order valence-electron chi connectivity index (χ0n) is 11.4. The summed E-state index contributed by atoms with van der Waals surface area (Å²) in [5.41, 5.74) is 9.18. The molecule has 1 unspecified atom stereocenters. The highest BCUT2D eigenvalue weighted by Crippen LogP contribution is 2.19. The second-order valence-corrected chi connectivity index (χ2v) is 5.05. The topological polar surface area (TPSA) is 51.8 Å². The van der Waals surface area contributed by atoms with Crippen molar-refractivity contribution in [2.45, 2.75) is 26.2 Å². The number of nitrogens with two attached hydrogens (primary N) is 1. The van der Waals surface area contributed by atoms with Crippen molar-refractivity contribution in [3.63, 3.8) is 0 Å². The molecule has 0 saturated carbocycles. The predicted octanol–water partition coefficient (Wildman–Crippen LogP) is 3.06. The van der Waals surface area contributed by atoms with Crippen molar-refractivity contribution < 1.29 is 0 Å². The van der Waals surface area contributed by atoms with Gasteiger partial charge in [0.05, 0.1) is 0 Å². The Morgan fingerprint density at radius 3 is 2.32 bits per heavy atom. The van der Waals surface area contributed by atoms with Crippen LogP contribution >= 0.6 is 0 Å². The van der Waals surface area contributed by atoms with Gasteiger partial charge in [0.25, 0.3) is 0 Å². The van der Waals surface area contributed by atoms with Crippen molar-refractivity contribution in [3.8, 4) is 11.1 Å². The number of rotatable bonds is 6. The molecule has 0 aliphatic heterocycles. The molecule has 2 rings (SSSR count). The van der Waals surface area contributed by atoms with E-state index in [-0.39, 0.29) is 0 Å². The Morgan fingerprint density at radius 2 is 1.68 bits per heavy atom. The second-order valence-electron chi connectivity index (χ2n) is 5.05. The molecule has 1 atom stereocenters. The van der Waals surface area contributed by atoms with E-state index in [1.165, 1.54) is 17.5 Å². The van der Waals surface area contributed by atoms with E-state index in [1.807, 2.05) is 12.4 Å². The third kappa shape index (κ3) is 4.14. The SMILES string of the molecule is CC(CCN)CCc1ccc(-c2cncnc2)cc1. The van der Waals surface area contributed by atoms with Crippen molar-refractivity contribution in [2.75, 3.05) is 6.54 Å². The van der Waals surface area contributed by atoms with E-state index in [4.69, 9.17) is 5.73 Å². The molecule has 2 N–H and O–H groups in total. The van der Waals surface area contributed by atoms with Gasteiger partial charge in [-0.15, -0.1) is 0 Å². The van der Waals surface area contributed by atoms with Crippen LogP contribution in [0.15, 0.2) is 43.0 Å². The summed E-state index contributed by atoms with van der Waals surface area (Å²) in [6.07, 6.45) is 8.66. The molecule has 19 heavy (non-hydrogen) atoms. The summed E-state index contributed by atoms with van der Waals surface area (Å²) >= 11 is 0. The molecule has 0 aliphatic rings. The lowest BCUT2D eigenvalue weighted by atomic mass is 9.97. The fraction of sp³-hybridized carbons (Fsp3) is 0.375. The van der Waals surface area contributed by atoms with E-state index in [9.17, 15) is 0 Å². The highest BCUT2D eigenvalue weighted by Gasteiger charge is 2.02. The van der Waals surface area contributed by atoms with Gasteiger partial charge in [0.15, 0.2) is 0 Å². The maximum absolute atomic E-state index is 5.57. The van der Waals surface area contributed by atoms with Gasteiger partial charge in [-0.1, -0.05) is 31.2 Å². The smallest absolute Gasteiger partial charge is 0.115 e. The average Bonchev–Trinajstić information content (AvgIpc) is 2.47. The lowest BCUT2D eigenvalue weighted by molar-refractivity contribution is 0.500. The predicted molar refractivity (Wildman–Crippen MR) is 78.6 cm³/mol. The van der Waals surface area contributed by atoms with Crippen LogP contribution in [-0.2, 0) is 6.42 Å². The van der Waals surface area contributed by atoms with Crippen molar-refractivity contribution in [3.05, 3.63) is 48.5 Å². The van der Waals surface area contributed by atoms with Gasteiger partial charge in [0.2, 0.25) is 0 Å². The van der Waals surface area contributed by atoms with Gasteiger partial charge in [-0.3, -0.25) is 0 Å². The molecule has 0 saturated heterocycles. The largest absolute Gasteiger partial charge is 0.330 e. The van der Waals surface area contributed by atoms with Gasteiger partial charge in [-0.2, -0.15) is 0 Å². The lowest BCUT2D eigenvalue weighted by Crippen LogP contribution is -2.06. The van der Waals surface area contributed by atoms with E-state index >= 15 is 0 Å². The number of hydrogen-bond acceptors (Lipinski definition) is 3. The minimum atomic E-state index is 0.701. The first-order valence-corrected chi connectivity index (χ1v) is 6.84. The van der Waals surface area contributed by atoms with Crippen LogP contribution in [0.4, 0.5) is 0 Å². The molecule has 3 heteroatoms. The van der Waals surface area contributed by atoms with Crippen LogP contribution in [0.25, 0.3) is 11.1 Å². The molecule has 0 bridgehead atoms. The molecule has 0 spiro atoms. The third-order valence-electron chi connectivity index (χ3n) is 3.43. The lowest BCUT2D eigenvalue weighted by Gasteiger charge is -2.10. The number of aryl methyl sites for hydroxylation is 1. The summed E-state index contributed by atoms with van der Waals surface area (Å²) in [6.45, 7) is 3.05. The van der Waals surface area contributed by atoms with Gasteiger partial charge in [-0.05, 0) is 42.9 Å². The van der Waals surface area contributed by atoms with Gasteiger partial charge in [-0.25, -0.2) is 9.97 Å². The molecule has 100 valence electrons. The summed E-state index contributed by atoms with van der Waals surface area (Å²) in [4.78, 5) is 8.08. The molecule has 1 heterocycles. The van der Waals surface area contributed by atoms with Crippen molar-refractivity contribution in [1.29, 1.82) is 0 Å². The molecule has 3 nitrogen and oxygen atoms in total. The summed E-state index contributed by atoms with van der Waals surface area (Å²) in [5, 5.41) is 0. The molecule has 0 radical (unpaired) electrons. The van der Waals surface area contributed by atoms with Gasteiger partial charge in [0.1, 0.15) is 6.33 Å². The van der Waals surface area contributed by atoms with Gasteiger partial charge >= 0.3 is 0 Å². The van der Waals surface area contributed by atoms with E-state index in [0.717, 1.165) is 24.9 Å². The number of nitrogens with zero attached hydrogens (tertiary/aromatic N) is 2. The Balaban J connectivity index is 1.95. The maximum atomic E-state index is 5.57. The molecule has 1 aromatic heterocycles. The first kappa shape index (κ1) is 13.7. The Labute approximate surface area is 114 Å². The normalized spacial score (nSPS) is 12.3.